The summed E-state index contributed by atoms with van der Waals surface area (Å²) >= 11 is 0. The molecule has 0 aromatic carbocycles. The van der Waals surface area contributed by atoms with Crippen molar-refractivity contribution < 1.29 is 24.5 Å². The Morgan fingerprint density at radius 1 is 0.308 bits per heavy atom. The average Bonchev–Trinajstić information content (AvgIpc) is 3.64. The van der Waals surface area contributed by atoms with Gasteiger partial charge in [-0.05, 0) is 51.4 Å². The number of esters is 1. The number of aliphatic hydroxyl groups is 2. The van der Waals surface area contributed by atoms with E-state index in [1.54, 1.807) is 0 Å². The van der Waals surface area contributed by atoms with Gasteiger partial charge in [0.15, 0.2) is 0 Å². The normalized spacial score (nSPS) is 12.5. The summed E-state index contributed by atoms with van der Waals surface area (Å²) < 4.78 is 5.49. The third-order valence-electron chi connectivity index (χ3n) is 20.0. The van der Waals surface area contributed by atoms with Gasteiger partial charge in [0.1, 0.15) is 0 Å². The van der Waals surface area contributed by atoms with E-state index in [1.165, 1.54) is 398 Å². The zero-order chi connectivity index (χ0) is 65.6. The third-order valence-corrected chi connectivity index (χ3v) is 20.0. The third kappa shape index (κ3) is 77.2. The SMILES string of the molecule is CCCC/C=C\C/C=C\CCCCCCCC(=O)OCCCCCCCCCCCCCCCCCCCCCCCCCCCCCCCCCCCCCC(=O)NC(CO)C(O)CCCCCCCCCCCCCCCCCCCCCCCCCCC. The average molecular weight is 1280 g/mol. The first-order chi connectivity index (χ1) is 45.0. The van der Waals surface area contributed by atoms with Crippen LogP contribution in [0.4, 0.5) is 0 Å². The van der Waals surface area contributed by atoms with Crippen molar-refractivity contribution in [3.05, 3.63) is 24.3 Å². The summed E-state index contributed by atoms with van der Waals surface area (Å²) in [4.78, 5) is 24.7. The minimum absolute atomic E-state index is 0.00892. The van der Waals surface area contributed by atoms with Crippen LogP contribution in [-0.4, -0.2) is 47.4 Å². The van der Waals surface area contributed by atoms with E-state index in [9.17, 15) is 19.8 Å². The minimum Gasteiger partial charge on any atom is -0.466 e. The highest BCUT2D eigenvalue weighted by Gasteiger charge is 2.20. The number of unbranched alkanes of at least 4 members (excludes halogenated alkanes) is 65. The van der Waals surface area contributed by atoms with Gasteiger partial charge < -0.3 is 20.3 Å². The number of aliphatic hydroxyl groups excluding tert-OH is 2. The van der Waals surface area contributed by atoms with Crippen molar-refractivity contribution in [1.82, 2.24) is 5.32 Å². The van der Waals surface area contributed by atoms with Gasteiger partial charge in [-0.3, -0.25) is 9.59 Å². The number of ether oxygens (including phenoxy) is 1. The predicted octanol–water partition coefficient (Wildman–Crippen LogP) is 28.0. The molecule has 0 spiro atoms. The molecule has 0 aliphatic heterocycles. The fourth-order valence-electron chi connectivity index (χ4n) is 13.6. The van der Waals surface area contributed by atoms with Crippen molar-refractivity contribution in [3.63, 3.8) is 0 Å². The van der Waals surface area contributed by atoms with E-state index in [2.05, 4.69) is 43.5 Å². The van der Waals surface area contributed by atoms with Crippen LogP contribution in [0.15, 0.2) is 24.3 Å². The molecular formula is C85H165NO5. The number of allylic oxidation sites excluding steroid dienone is 4. The van der Waals surface area contributed by atoms with Crippen LogP contribution in [0.3, 0.4) is 0 Å². The van der Waals surface area contributed by atoms with Crippen LogP contribution >= 0.6 is 0 Å². The highest BCUT2D eigenvalue weighted by molar-refractivity contribution is 5.76. The van der Waals surface area contributed by atoms with Crippen LogP contribution in [0, 0.1) is 0 Å². The lowest BCUT2D eigenvalue weighted by atomic mass is 10.0. The molecule has 91 heavy (non-hydrogen) atoms. The Labute approximate surface area is 571 Å². The summed E-state index contributed by atoms with van der Waals surface area (Å²) in [5.74, 6) is -0.0144. The van der Waals surface area contributed by atoms with Gasteiger partial charge in [0, 0.05) is 12.8 Å². The van der Waals surface area contributed by atoms with Gasteiger partial charge in [0.2, 0.25) is 5.91 Å². The molecule has 0 aromatic rings. The minimum atomic E-state index is -0.662. The lowest BCUT2D eigenvalue weighted by molar-refractivity contribution is -0.143. The summed E-state index contributed by atoms with van der Waals surface area (Å²) in [5, 5.41) is 23.5. The molecule has 3 N–H and O–H groups in total. The molecule has 0 rings (SSSR count). The number of carbonyl (C=O) groups is 2. The largest absolute Gasteiger partial charge is 0.466 e. The Morgan fingerprint density at radius 2 is 0.560 bits per heavy atom. The summed E-state index contributed by atoms with van der Waals surface area (Å²) in [5.41, 5.74) is 0. The smallest absolute Gasteiger partial charge is 0.305 e. The Bertz CT molecular complexity index is 1430. The van der Waals surface area contributed by atoms with E-state index in [-0.39, 0.29) is 18.5 Å². The number of hydrogen-bond acceptors (Lipinski definition) is 5. The van der Waals surface area contributed by atoms with Crippen molar-refractivity contribution in [2.75, 3.05) is 13.2 Å². The number of amides is 1. The highest BCUT2D eigenvalue weighted by Crippen LogP contribution is 2.21. The molecule has 1 amide bonds. The van der Waals surface area contributed by atoms with E-state index in [0.29, 0.717) is 25.9 Å². The van der Waals surface area contributed by atoms with E-state index in [1.807, 2.05) is 0 Å². The topological polar surface area (TPSA) is 95.9 Å². The zero-order valence-corrected chi connectivity index (χ0v) is 62.1. The van der Waals surface area contributed by atoms with Crippen molar-refractivity contribution in [2.45, 2.75) is 495 Å². The second-order valence-corrected chi connectivity index (χ2v) is 29.2. The fourth-order valence-corrected chi connectivity index (χ4v) is 13.6. The van der Waals surface area contributed by atoms with Crippen molar-refractivity contribution >= 4 is 11.9 Å². The Morgan fingerprint density at radius 3 is 0.868 bits per heavy atom. The molecule has 6 nitrogen and oxygen atoms in total. The number of rotatable bonds is 80. The van der Waals surface area contributed by atoms with E-state index in [4.69, 9.17) is 4.74 Å². The van der Waals surface area contributed by atoms with Crippen molar-refractivity contribution in [3.8, 4) is 0 Å². The van der Waals surface area contributed by atoms with E-state index < -0.39 is 12.1 Å². The van der Waals surface area contributed by atoms with Gasteiger partial charge in [0.05, 0.1) is 25.4 Å². The van der Waals surface area contributed by atoms with E-state index in [0.717, 1.165) is 51.4 Å². The molecule has 0 saturated heterocycles. The van der Waals surface area contributed by atoms with Crippen LogP contribution in [0.25, 0.3) is 0 Å². The van der Waals surface area contributed by atoms with Gasteiger partial charge in [-0.15, -0.1) is 0 Å². The quantitative estimate of drug-likeness (QED) is 0.0320. The fraction of sp³-hybridized carbons (Fsp3) is 0.929. The molecule has 0 heterocycles. The molecule has 0 aromatic heterocycles. The Hall–Kier alpha value is -1.66. The summed E-state index contributed by atoms with van der Waals surface area (Å²) in [7, 11) is 0. The molecule has 2 atom stereocenters. The van der Waals surface area contributed by atoms with Crippen molar-refractivity contribution in [1.29, 1.82) is 0 Å². The Kier molecular flexibility index (Phi) is 79.3. The lowest BCUT2D eigenvalue weighted by Gasteiger charge is -2.22. The molecule has 6 heteroatoms. The first-order valence-electron chi connectivity index (χ1n) is 42.1. The van der Waals surface area contributed by atoms with Crippen LogP contribution < -0.4 is 5.32 Å². The molecule has 540 valence electrons. The standard InChI is InChI=1S/C85H165NO5/c1-3-5-7-9-11-13-15-17-19-20-21-22-23-35-38-41-44-47-50-53-57-61-65-69-73-77-83(88)82(81-87)86-84(89)78-74-70-66-62-58-54-51-48-45-42-39-36-33-31-29-27-25-24-26-28-30-32-34-37-40-43-46-49-52-56-60-64-68-72-76-80-91-85(90)79-75-71-67-63-59-55-18-16-14-12-10-8-6-4-2/h10,12,16,18,82-83,87-88H,3-9,11,13-15,17,19-81H2,1-2H3,(H,86,89)/b12-10-,18-16-. The van der Waals surface area contributed by atoms with Crippen LogP contribution in [0.2, 0.25) is 0 Å². The number of nitrogens with one attached hydrogen (secondary N) is 1. The maximum Gasteiger partial charge on any atom is 0.305 e. The van der Waals surface area contributed by atoms with Crippen LogP contribution in [0.1, 0.15) is 483 Å². The Balaban J connectivity index is 3.32. The maximum absolute atomic E-state index is 12.6. The first-order valence-corrected chi connectivity index (χ1v) is 42.1. The lowest BCUT2D eigenvalue weighted by Crippen LogP contribution is -2.45. The van der Waals surface area contributed by atoms with Crippen LogP contribution in [0.5, 0.6) is 0 Å². The first kappa shape index (κ1) is 89.3. The monoisotopic (exact) mass is 1280 g/mol. The molecule has 2 unspecified atom stereocenters. The second-order valence-electron chi connectivity index (χ2n) is 29.2. The molecule has 0 aliphatic carbocycles. The van der Waals surface area contributed by atoms with Crippen molar-refractivity contribution in [2.24, 2.45) is 0 Å². The maximum atomic E-state index is 12.6. The molecule has 0 fully saturated rings. The number of hydrogen-bond donors (Lipinski definition) is 3. The zero-order valence-electron chi connectivity index (χ0n) is 62.1. The summed E-state index contributed by atoms with van der Waals surface area (Å²) in [6, 6.07) is -0.539. The second kappa shape index (κ2) is 80.8. The van der Waals surface area contributed by atoms with Gasteiger partial charge in [0.25, 0.3) is 0 Å². The molecule has 0 saturated carbocycles. The predicted molar refractivity (Wildman–Crippen MR) is 403 cm³/mol. The van der Waals surface area contributed by atoms with Gasteiger partial charge in [-0.2, -0.15) is 0 Å². The summed E-state index contributed by atoms with van der Waals surface area (Å²) in [6.07, 6.45) is 104. The van der Waals surface area contributed by atoms with Gasteiger partial charge in [-0.25, -0.2) is 0 Å². The molecule has 0 aliphatic rings. The number of carbonyl (C=O) groups excluding carboxylic acids is 2. The molecule has 0 radical (unpaired) electrons. The molecule has 0 bridgehead atoms. The summed E-state index contributed by atoms with van der Waals surface area (Å²) in [6.45, 7) is 4.96. The van der Waals surface area contributed by atoms with Crippen LogP contribution in [-0.2, 0) is 14.3 Å². The van der Waals surface area contributed by atoms with Gasteiger partial charge >= 0.3 is 5.97 Å². The highest BCUT2D eigenvalue weighted by atomic mass is 16.5. The van der Waals surface area contributed by atoms with Gasteiger partial charge in [-0.1, -0.05) is 443 Å². The van der Waals surface area contributed by atoms with E-state index >= 15 is 0 Å². The molecular weight excluding hydrogens is 1110 g/mol.